The first kappa shape index (κ1) is 26.2. The SMILES string of the molecule is CCS(=O)(=O)N[C@@H]1CN2C(=O)N(c3noc4cc(C(F)F)cc(-c5c(F)cc(F)cc5F)c34)C[C@@H]2C1(F)F. The van der Waals surface area contributed by atoms with E-state index in [4.69, 9.17) is 4.52 Å². The fraction of sp³-hybridized carbons (Fsp3) is 0.364. The lowest BCUT2D eigenvalue weighted by atomic mass is 9.97. The molecule has 1 N–H and O–H groups in total. The molecule has 2 fully saturated rings. The van der Waals surface area contributed by atoms with E-state index in [1.54, 1.807) is 0 Å². The molecular weight excluding hydrogens is 549 g/mol. The molecule has 16 heteroatoms. The molecule has 0 aliphatic carbocycles. The van der Waals surface area contributed by atoms with Crippen LogP contribution in [0.15, 0.2) is 28.8 Å². The molecule has 1 aromatic heterocycles. The molecule has 2 aromatic carbocycles. The zero-order chi connectivity index (χ0) is 27.7. The summed E-state index contributed by atoms with van der Waals surface area (Å²) in [6.45, 7) is -0.170. The van der Waals surface area contributed by atoms with E-state index in [0.717, 1.165) is 15.9 Å². The predicted molar refractivity (Wildman–Crippen MR) is 119 cm³/mol. The molecule has 0 unspecified atom stereocenters. The Morgan fingerprint density at radius 1 is 1.13 bits per heavy atom. The number of hydrogen-bond donors (Lipinski definition) is 1. The van der Waals surface area contributed by atoms with Crippen LogP contribution in [-0.4, -0.2) is 61.4 Å². The molecule has 5 rings (SSSR count). The van der Waals surface area contributed by atoms with E-state index < -0.39 is 105 Å². The lowest BCUT2D eigenvalue weighted by molar-refractivity contribution is -0.0324. The van der Waals surface area contributed by atoms with Crippen molar-refractivity contribution >= 4 is 32.8 Å². The van der Waals surface area contributed by atoms with E-state index in [9.17, 15) is 35.2 Å². The zero-order valence-corrected chi connectivity index (χ0v) is 20.0. The number of nitrogens with zero attached hydrogens (tertiary/aromatic N) is 3. The van der Waals surface area contributed by atoms with Crippen LogP contribution >= 0.6 is 0 Å². The van der Waals surface area contributed by atoms with Gasteiger partial charge >= 0.3 is 6.03 Å². The van der Waals surface area contributed by atoms with Gasteiger partial charge in [0.1, 0.15) is 29.5 Å². The number of anilines is 1. The molecule has 3 aromatic rings. The van der Waals surface area contributed by atoms with Gasteiger partial charge in [-0.3, -0.25) is 4.90 Å². The van der Waals surface area contributed by atoms with Crippen LogP contribution < -0.4 is 9.62 Å². The van der Waals surface area contributed by atoms with Crippen LogP contribution in [-0.2, 0) is 10.0 Å². The molecule has 204 valence electrons. The van der Waals surface area contributed by atoms with Crippen LogP contribution in [0.25, 0.3) is 22.1 Å². The number of benzene rings is 2. The van der Waals surface area contributed by atoms with E-state index in [-0.39, 0.29) is 5.39 Å². The quantitative estimate of drug-likeness (QED) is 0.446. The number of aromatic nitrogens is 1. The molecule has 0 spiro atoms. The molecule has 8 nitrogen and oxygen atoms in total. The molecule has 0 radical (unpaired) electrons. The molecule has 2 aliphatic rings. The van der Waals surface area contributed by atoms with Crippen LogP contribution in [0.3, 0.4) is 0 Å². The summed E-state index contributed by atoms with van der Waals surface area (Å²) in [5.41, 5.74) is -2.65. The van der Waals surface area contributed by atoms with Crippen LogP contribution in [0.2, 0.25) is 0 Å². The number of carbonyl (C=O) groups is 1. The summed E-state index contributed by atoms with van der Waals surface area (Å²) >= 11 is 0. The number of hydrogen-bond acceptors (Lipinski definition) is 5. The van der Waals surface area contributed by atoms with Gasteiger partial charge in [-0.2, -0.15) is 0 Å². The van der Waals surface area contributed by atoms with E-state index in [1.165, 1.54) is 6.92 Å². The summed E-state index contributed by atoms with van der Waals surface area (Å²) in [5, 5.41) is 3.29. The minimum atomic E-state index is -4.03. The molecule has 2 saturated heterocycles. The maximum atomic E-state index is 15.2. The minimum Gasteiger partial charge on any atom is -0.354 e. The molecular formula is C22H17F7N4O4S. The maximum Gasteiger partial charge on any atom is 0.326 e. The number of amides is 2. The molecule has 0 saturated carbocycles. The highest BCUT2D eigenvalue weighted by molar-refractivity contribution is 7.89. The summed E-state index contributed by atoms with van der Waals surface area (Å²) in [7, 11) is -4.03. The number of sulfonamides is 1. The highest BCUT2D eigenvalue weighted by Crippen LogP contribution is 2.45. The second-order valence-corrected chi connectivity index (χ2v) is 10.8. The van der Waals surface area contributed by atoms with Crippen LogP contribution in [0.5, 0.6) is 0 Å². The van der Waals surface area contributed by atoms with Gasteiger partial charge in [0.15, 0.2) is 11.4 Å². The molecule has 2 amide bonds. The normalized spacial score (nSPS) is 21.2. The van der Waals surface area contributed by atoms with Gasteiger partial charge in [0, 0.05) is 29.8 Å². The summed E-state index contributed by atoms with van der Waals surface area (Å²) < 4.78 is 131. The topological polar surface area (TPSA) is 95.8 Å². The average molecular weight is 566 g/mol. The van der Waals surface area contributed by atoms with E-state index in [2.05, 4.69) is 5.16 Å². The van der Waals surface area contributed by atoms with Gasteiger partial charge in [-0.1, -0.05) is 5.16 Å². The molecule has 2 atom stereocenters. The third-order valence-electron chi connectivity index (χ3n) is 6.56. The van der Waals surface area contributed by atoms with Gasteiger partial charge in [0.05, 0.1) is 23.2 Å². The van der Waals surface area contributed by atoms with Crippen molar-refractivity contribution in [2.24, 2.45) is 0 Å². The fourth-order valence-electron chi connectivity index (χ4n) is 4.70. The number of alkyl halides is 4. The number of fused-ring (bicyclic) bond motifs is 2. The Bertz CT molecular complexity index is 1540. The summed E-state index contributed by atoms with van der Waals surface area (Å²) in [6, 6.07) is -2.60. The number of nitrogens with one attached hydrogen (secondary N) is 1. The Hall–Kier alpha value is -3.40. The monoisotopic (exact) mass is 566 g/mol. The molecule has 3 heterocycles. The average Bonchev–Trinajstić information content (AvgIpc) is 3.45. The summed E-state index contributed by atoms with van der Waals surface area (Å²) in [6.07, 6.45) is -3.13. The van der Waals surface area contributed by atoms with Crippen LogP contribution in [0.1, 0.15) is 18.9 Å². The van der Waals surface area contributed by atoms with Crippen molar-refractivity contribution in [1.29, 1.82) is 0 Å². The van der Waals surface area contributed by atoms with Crippen molar-refractivity contribution in [1.82, 2.24) is 14.8 Å². The Labute approximate surface area is 210 Å². The maximum absolute atomic E-state index is 15.2. The Balaban J connectivity index is 1.61. The summed E-state index contributed by atoms with van der Waals surface area (Å²) in [4.78, 5) is 14.6. The number of rotatable bonds is 6. The molecule has 0 bridgehead atoms. The molecule has 38 heavy (non-hydrogen) atoms. The Kier molecular flexibility index (Phi) is 6.09. The lowest BCUT2D eigenvalue weighted by Crippen LogP contribution is -2.51. The van der Waals surface area contributed by atoms with Gasteiger partial charge in [-0.25, -0.2) is 48.7 Å². The standard InChI is InChI=1S/C22H17F7N4O4S/c1-2-38(35,36)31-15-7-32-16(22(15,28)29)8-33(21(32)34)20-18-11(17-12(24)5-10(23)6-13(17)25)3-9(19(26)27)4-14(18)37-30-20/h3-6,15-16,19,31H,2,7-8H2,1H3/t15-,16-/m1/s1. The van der Waals surface area contributed by atoms with Crippen LogP contribution in [0.4, 0.5) is 41.3 Å². The van der Waals surface area contributed by atoms with Crippen molar-refractivity contribution < 1.29 is 48.5 Å². The summed E-state index contributed by atoms with van der Waals surface area (Å²) in [5.74, 6) is -8.84. The van der Waals surface area contributed by atoms with Gasteiger partial charge in [0.25, 0.3) is 12.3 Å². The van der Waals surface area contributed by atoms with Gasteiger partial charge in [0.2, 0.25) is 10.0 Å². The van der Waals surface area contributed by atoms with Gasteiger partial charge in [-0.05, 0) is 19.1 Å². The first-order valence-electron chi connectivity index (χ1n) is 11.1. The Morgan fingerprint density at radius 3 is 2.37 bits per heavy atom. The highest BCUT2D eigenvalue weighted by atomic mass is 32.2. The predicted octanol–water partition coefficient (Wildman–Crippen LogP) is 4.42. The smallest absolute Gasteiger partial charge is 0.326 e. The number of halogens is 7. The highest BCUT2D eigenvalue weighted by Gasteiger charge is 2.63. The lowest BCUT2D eigenvalue weighted by Gasteiger charge is -2.23. The first-order chi connectivity index (χ1) is 17.7. The van der Waals surface area contributed by atoms with E-state index >= 15 is 8.78 Å². The molecule has 2 aliphatic heterocycles. The van der Waals surface area contributed by atoms with Crippen molar-refractivity contribution in [3.05, 3.63) is 47.3 Å². The van der Waals surface area contributed by atoms with Crippen molar-refractivity contribution in [3.63, 3.8) is 0 Å². The van der Waals surface area contributed by atoms with E-state index in [1.807, 2.05) is 4.72 Å². The number of carbonyl (C=O) groups excluding carboxylic acids is 1. The minimum absolute atomic E-state index is 0.321. The first-order valence-corrected chi connectivity index (χ1v) is 12.7. The van der Waals surface area contributed by atoms with Crippen molar-refractivity contribution in [3.8, 4) is 11.1 Å². The largest absolute Gasteiger partial charge is 0.354 e. The van der Waals surface area contributed by atoms with Gasteiger partial charge < -0.3 is 9.42 Å². The fourth-order valence-corrected chi connectivity index (χ4v) is 5.53. The second kappa shape index (κ2) is 8.83. The van der Waals surface area contributed by atoms with E-state index in [0.29, 0.717) is 18.2 Å². The van der Waals surface area contributed by atoms with Crippen molar-refractivity contribution in [2.75, 3.05) is 23.7 Å². The van der Waals surface area contributed by atoms with Gasteiger partial charge in [-0.15, -0.1) is 0 Å². The third kappa shape index (κ3) is 4.05. The third-order valence-corrected chi connectivity index (χ3v) is 7.96. The van der Waals surface area contributed by atoms with Crippen LogP contribution in [0, 0.1) is 17.5 Å². The Morgan fingerprint density at radius 2 is 1.79 bits per heavy atom. The van der Waals surface area contributed by atoms with Crippen molar-refractivity contribution in [2.45, 2.75) is 31.4 Å². The second-order valence-electron chi connectivity index (χ2n) is 8.80. The zero-order valence-electron chi connectivity index (χ0n) is 19.2. The number of urea groups is 1.